The van der Waals surface area contributed by atoms with Crippen LogP contribution in [0, 0.1) is 0 Å². The monoisotopic (exact) mass is 220 g/mol. The van der Waals surface area contributed by atoms with Crippen LogP contribution in [0.1, 0.15) is 32.4 Å². The van der Waals surface area contributed by atoms with Gasteiger partial charge in [-0.25, -0.2) is 9.97 Å². The van der Waals surface area contributed by atoms with Gasteiger partial charge in [0.1, 0.15) is 12.1 Å². The maximum Gasteiger partial charge on any atom is 0.132 e. The largest absolute Gasteiger partial charge is 0.351 e. The molecule has 16 heavy (non-hydrogen) atoms. The van der Waals surface area contributed by atoms with Crippen LogP contribution in [0.2, 0.25) is 0 Å². The summed E-state index contributed by atoms with van der Waals surface area (Å²) in [5, 5.41) is 3.39. The predicted molar refractivity (Wildman–Crippen MR) is 65.8 cm³/mol. The summed E-state index contributed by atoms with van der Waals surface area (Å²) in [6, 6.07) is 2.62. The van der Waals surface area contributed by atoms with E-state index in [1.807, 2.05) is 0 Å². The van der Waals surface area contributed by atoms with Crippen molar-refractivity contribution in [1.82, 2.24) is 15.3 Å². The van der Waals surface area contributed by atoms with Gasteiger partial charge in [0.15, 0.2) is 0 Å². The van der Waals surface area contributed by atoms with Crippen LogP contribution in [-0.2, 0) is 0 Å². The van der Waals surface area contributed by atoms with Gasteiger partial charge >= 0.3 is 0 Å². The highest BCUT2D eigenvalue weighted by molar-refractivity contribution is 5.41. The zero-order valence-electron chi connectivity index (χ0n) is 10.3. The molecule has 1 aromatic heterocycles. The molecule has 1 N–H and O–H groups in total. The van der Waals surface area contributed by atoms with Gasteiger partial charge in [-0.15, -0.1) is 0 Å². The molecule has 0 saturated carbocycles. The second kappa shape index (κ2) is 4.78. The van der Waals surface area contributed by atoms with Gasteiger partial charge in [0.25, 0.3) is 0 Å². The van der Waals surface area contributed by atoms with Crippen molar-refractivity contribution in [2.24, 2.45) is 0 Å². The topological polar surface area (TPSA) is 41.0 Å². The van der Waals surface area contributed by atoms with Crippen molar-refractivity contribution in [2.75, 3.05) is 24.5 Å². The summed E-state index contributed by atoms with van der Waals surface area (Å²) in [5.41, 5.74) is 1.12. The Bertz CT molecular complexity index is 351. The van der Waals surface area contributed by atoms with Crippen LogP contribution < -0.4 is 10.2 Å². The quantitative estimate of drug-likeness (QED) is 0.818. The summed E-state index contributed by atoms with van der Waals surface area (Å²) in [7, 11) is 0. The van der Waals surface area contributed by atoms with Gasteiger partial charge in [-0.1, -0.05) is 13.8 Å². The summed E-state index contributed by atoms with van der Waals surface area (Å²) in [6.07, 6.45) is 1.68. The van der Waals surface area contributed by atoms with Crippen molar-refractivity contribution in [3.05, 3.63) is 18.1 Å². The third-order valence-electron chi connectivity index (χ3n) is 3.06. The lowest BCUT2D eigenvalue weighted by atomic mass is 10.1. The fourth-order valence-electron chi connectivity index (χ4n) is 2.02. The first-order valence-corrected chi connectivity index (χ1v) is 5.98. The maximum absolute atomic E-state index is 4.38. The van der Waals surface area contributed by atoms with Crippen molar-refractivity contribution in [3.8, 4) is 0 Å². The SMILES string of the molecule is CC(C)c1cc(N2CCNC[C@@H]2C)ncn1. The molecule has 1 saturated heterocycles. The van der Waals surface area contributed by atoms with E-state index in [9.17, 15) is 0 Å². The lowest BCUT2D eigenvalue weighted by Gasteiger charge is -2.35. The van der Waals surface area contributed by atoms with E-state index in [1.54, 1.807) is 6.33 Å². The third kappa shape index (κ3) is 2.32. The normalized spacial score (nSPS) is 21.5. The molecular formula is C12H20N4. The first kappa shape index (κ1) is 11.3. The first-order valence-electron chi connectivity index (χ1n) is 5.98. The predicted octanol–water partition coefficient (Wildman–Crippen LogP) is 1.40. The van der Waals surface area contributed by atoms with Crippen molar-refractivity contribution < 1.29 is 0 Å². The summed E-state index contributed by atoms with van der Waals surface area (Å²) in [4.78, 5) is 11.0. The number of aromatic nitrogens is 2. The molecule has 0 amide bonds. The van der Waals surface area contributed by atoms with Crippen LogP contribution in [-0.4, -0.2) is 35.6 Å². The van der Waals surface area contributed by atoms with Crippen molar-refractivity contribution in [1.29, 1.82) is 0 Å². The number of hydrogen-bond donors (Lipinski definition) is 1. The Morgan fingerprint density at radius 1 is 1.44 bits per heavy atom. The third-order valence-corrected chi connectivity index (χ3v) is 3.06. The Morgan fingerprint density at radius 3 is 2.94 bits per heavy atom. The second-order valence-corrected chi connectivity index (χ2v) is 4.70. The molecule has 2 rings (SSSR count). The Morgan fingerprint density at radius 2 is 2.25 bits per heavy atom. The van der Waals surface area contributed by atoms with E-state index in [2.05, 4.69) is 47.0 Å². The van der Waals surface area contributed by atoms with Crippen LogP contribution in [0.5, 0.6) is 0 Å². The second-order valence-electron chi connectivity index (χ2n) is 4.70. The Balaban J connectivity index is 2.21. The molecular weight excluding hydrogens is 200 g/mol. The smallest absolute Gasteiger partial charge is 0.132 e. The highest BCUT2D eigenvalue weighted by Crippen LogP contribution is 2.19. The van der Waals surface area contributed by atoms with E-state index in [-0.39, 0.29) is 0 Å². The van der Waals surface area contributed by atoms with Crippen molar-refractivity contribution in [3.63, 3.8) is 0 Å². The van der Waals surface area contributed by atoms with E-state index in [0.717, 1.165) is 31.1 Å². The minimum atomic E-state index is 0.458. The fourth-order valence-corrected chi connectivity index (χ4v) is 2.02. The molecule has 0 spiro atoms. The minimum absolute atomic E-state index is 0.458. The Hall–Kier alpha value is -1.16. The van der Waals surface area contributed by atoms with Gasteiger partial charge in [-0.05, 0) is 12.8 Å². The number of rotatable bonds is 2. The molecule has 1 aromatic rings. The van der Waals surface area contributed by atoms with Gasteiger partial charge in [0.05, 0.1) is 0 Å². The van der Waals surface area contributed by atoms with E-state index in [1.165, 1.54) is 0 Å². The molecule has 0 bridgehead atoms. The number of anilines is 1. The molecule has 4 nitrogen and oxygen atoms in total. The number of piperazine rings is 1. The van der Waals surface area contributed by atoms with Gasteiger partial charge in [-0.2, -0.15) is 0 Å². The molecule has 0 unspecified atom stereocenters. The lowest BCUT2D eigenvalue weighted by Crippen LogP contribution is -2.50. The van der Waals surface area contributed by atoms with E-state index >= 15 is 0 Å². The first-order chi connectivity index (χ1) is 7.68. The lowest BCUT2D eigenvalue weighted by molar-refractivity contribution is 0.496. The highest BCUT2D eigenvalue weighted by Gasteiger charge is 2.19. The van der Waals surface area contributed by atoms with Crippen molar-refractivity contribution >= 4 is 5.82 Å². The standard InChI is InChI=1S/C12H20N4/c1-9(2)11-6-12(15-8-14-11)16-5-4-13-7-10(16)3/h6,8-10,13H,4-5,7H2,1-3H3/t10-/m0/s1. The van der Waals surface area contributed by atoms with Crippen LogP contribution in [0.4, 0.5) is 5.82 Å². The molecule has 0 radical (unpaired) electrons. The summed E-state index contributed by atoms with van der Waals surface area (Å²) in [6.45, 7) is 9.63. The van der Waals surface area contributed by atoms with Crippen LogP contribution >= 0.6 is 0 Å². The fraction of sp³-hybridized carbons (Fsp3) is 0.667. The van der Waals surface area contributed by atoms with E-state index < -0.39 is 0 Å². The Labute approximate surface area is 97.1 Å². The van der Waals surface area contributed by atoms with E-state index in [0.29, 0.717) is 12.0 Å². The minimum Gasteiger partial charge on any atom is -0.351 e. The number of nitrogens with zero attached hydrogens (tertiary/aromatic N) is 3. The molecule has 0 aromatic carbocycles. The summed E-state index contributed by atoms with van der Waals surface area (Å²) < 4.78 is 0. The van der Waals surface area contributed by atoms with Crippen LogP contribution in [0.3, 0.4) is 0 Å². The highest BCUT2D eigenvalue weighted by atomic mass is 15.3. The number of hydrogen-bond acceptors (Lipinski definition) is 4. The summed E-state index contributed by atoms with van der Waals surface area (Å²) in [5.74, 6) is 1.52. The molecule has 1 fully saturated rings. The Kier molecular flexibility index (Phi) is 3.39. The molecule has 1 aliphatic rings. The van der Waals surface area contributed by atoms with E-state index in [4.69, 9.17) is 0 Å². The summed E-state index contributed by atoms with van der Waals surface area (Å²) >= 11 is 0. The molecule has 4 heteroatoms. The van der Waals surface area contributed by atoms with Gasteiger partial charge in [0, 0.05) is 37.4 Å². The van der Waals surface area contributed by atoms with Gasteiger partial charge in [-0.3, -0.25) is 0 Å². The number of nitrogens with one attached hydrogen (secondary N) is 1. The average Bonchev–Trinajstić information content (AvgIpc) is 2.30. The van der Waals surface area contributed by atoms with Crippen LogP contribution in [0.25, 0.3) is 0 Å². The maximum atomic E-state index is 4.38. The zero-order chi connectivity index (χ0) is 11.5. The van der Waals surface area contributed by atoms with Crippen LogP contribution in [0.15, 0.2) is 12.4 Å². The molecule has 2 heterocycles. The molecule has 1 aliphatic heterocycles. The van der Waals surface area contributed by atoms with Gasteiger partial charge in [0.2, 0.25) is 0 Å². The zero-order valence-corrected chi connectivity index (χ0v) is 10.3. The molecule has 1 atom stereocenters. The molecule has 0 aliphatic carbocycles. The van der Waals surface area contributed by atoms with Crippen molar-refractivity contribution in [2.45, 2.75) is 32.7 Å². The molecule has 88 valence electrons. The average molecular weight is 220 g/mol. The van der Waals surface area contributed by atoms with Gasteiger partial charge < -0.3 is 10.2 Å².